The van der Waals surface area contributed by atoms with Crippen LogP contribution in [0.2, 0.25) is 0 Å². The molecule has 0 saturated carbocycles. The van der Waals surface area contributed by atoms with Crippen LogP contribution in [0.3, 0.4) is 0 Å². The van der Waals surface area contributed by atoms with Gasteiger partial charge >= 0.3 is 0 Å². The third-order valence-electron chi connectivity index (χ3n) is 5.23. The summed E-state index contributed by atoms with van der Waals surface area (Å²) in [5, 5.41) is 10.0. The van der Waals surface area contributed by atoms with Crippen LogP contribution in [0, 0.1) is 18.3 Å². The van der Waals surface area contributed by atoms with Crippen LogP contribution in [0.25, 0.3) is 10.9 Å². The number of ether oxygens (including phenoxy) is 1. The average Bonchev–Trinajstić information content (AvgIpc) is 2.99. The largest absolute Gasteiger partial charge is 0.496 e. The molecule has 0 amide bonds. The molecule has 1 N–H and O–H groups in total. The number of fused-ring (bicyclic) bond motifs is 4. The summed E-state index contributed by atoms with van der Waals surface area (Å²) in [6.45, 7) is 6.16. The standard InChI is InChI=1S/C21H18N2O2/c1-11-7-14-15(9-17(11)25-4)21(2,3)20-18(19(14)24)13-6-5-12(10-22)8-16(13)23-20/h5-9,23H,1-4H3. The maximum absolute atomic E-state index is 13.3. The van der Waals surface area contributed by atoms with Gasteiger partial charge in [0.05, 0.1) is 24.3 Å². The molecule has 0 spiro atoms. The Morgan fingerprint density at radius 3 is 2.64 bits per heavy atom. The number of aromatic nitrogens is 1. The summed E-state index contributed by atoms with van der Waals surface area (Å²) in [4.78, 5) is 16.6. The number of rotatable bonds is 1. The van der Waals surface area contributed by atoms with Gasteiger partial charge in [-0.1, -0.05) is 19.9 Å². The average molecular weight is 330 g/mol. The van der Waals surface area contributed by atoms with Gasteiger partial charge < -0.3 is 9.72 Å². The van der Waals surface area contributed by atoms with Crippen molar-refractivity contribution in [2.75, 3.05) is 7.11 Å². The van der Waals surface area contributed by atoms with E-state index in [-0.39, 0.29) is 11.2 Å². The summed E-state index contributed by atoms with van der Waals surface area (Å²) in [7, 11) is 1.64. The van der Waals surface area contributed by atoms with E-state index in [2.05, 4.69) is 24.9 Å². The first-order valence-electron chi connectivity index (χ1n) is 8.18. The Hall–Kier alpha value is -3.06. The van der Waals surface area contributed by atoms with Crippen LogP contribution in [0.5, 0.6) is 5.75 Å². The smallest absolute Gasteiger partial charge is 0.195 e. The number of aromatic amines is 1. The Labute approximate surface area is 146 Å². The minimum atomic E-state index is -0.370. The molecule has 1 aromatic heterocycles. The van der Waals surface area contributed by atoms with E-state index < -0.39 is 0 Å². The molecule has 0 saturated heterocycles. The highest BCUT2D eigenvalue weighted by molar-refractivity contribution is 6.20. The number of benzene rings is 2. The number of hydrogen-bond donors (Lipinski definition) is 1. The van der Waals surface area contributed by atoms with E-state index in [1.165, 1.54) is 0 Å². The van der Waals surface area contributed by atoms with Gasteiger partial charge in [-0.2, -0.15) is 5.26 Å². The second-order valence-electron chi connectivity index (χ2n) is 7.07. The molecule has 4 heteroatoms. The maximum atomic E-state index is 13.3. The molecule has 1 heterocycles. The van der Waals surface area contributed by atoms with E-state index in [0.29, 0.717) is 11.1 Å². The third kappa shape index (κ3) is 1.96. The van der Waals surface area contributed by atoms with Gasteiger partial charge in [0.25, 0.3) is 0 Å². The molecule has 25 heavy (non-hydrogen) atoms. The first-order valence-corrected chi connectivity index (χ1v) is 8.18. The number of ketones is 1. The summed E-state index contributed by atoms with van der Waals surface area (Å²) in [5.74, 6) is 0.803. The van der Waals surface area contributed by atoms with Crippen molar-refractivity contribution in [3.8, 4) is 11.8 Å². The predicted molar refractivity (Wildman–Crippen MR) is 96.3 cm³/mol. The second kappa shape index (κ2) is 4.97. The van der Waals surface area contributed by atoms with Crippen LogP contribution >= 0.6 is 0 Å². The summed E-state index contributed by atoms with van der Waals surface area (Å²) >= 11 is 0. The van der Waals surface area contributed by atoms with E-state index in [1.54, 1.807) is 19.2 Å². The molecule has 0 aliphatic heterocycles. The number of nitriles is 1. The lowest BCUT2D eigenvalue weighted by Gasteiger charge is -2.32. The van der Waals surface area contributed by atoms with Crippen molar-refractivity contribution < 1.29 is 9.53 Å². The predicted octanol–water partition coefficient (Wildman–Crippen LogP) is 4.23. The Morgan fingerprint density at radius 1 is 1.20 bits per heavy atom. The highest BCUT2D eigenvalue weighted by Crippen LogP contribution is 2.45. The fourth-order valence-corrected chi connectivity index (χ4v) is 3.85. The molecule has 2 aromatic carbocycles. The Kier molecular flexibility index (Phi) is 3.07. The molecule has 0 unspecified atom stereocenters. The lowest BCUT2D eigenvalue weighted by molar-refractivity contribution is 0.103. The molecule has 1 aliphatic rings. The maximum Gasteiger partial charge on any atom is 0.195 e. The van der Waals surface area contributed by atoms with Gasteiger partial charge in [0, 0.05) is 27.6 Å². The van der Waals surface area contributed by atoms with Crippen molar-refractivity contribution in [3.63, 3.8) is 0 Å². The van der Waals surface area contributed by atoms with Gasteiger partial charge in [-0.3, -0.25) is 4.79 Å². The molecule has 0 atom stereocenters. The molecule has 4 nitrogen and oxygen atoms in total. The molecular formula is C21H18N2O2. The number of carbonyl (C=O) groups is 1. The highest BCUT2D eigenvalue weighted by Gasteiger charge is 2.40. The zero-order valence-corrected chi connectivity index (χ0v) is 14.7. The normalized spacial score (nSPS) is 14.8. The van der Waals surface area contributed by atoms with Crippen molar-refractivity contribution in [1.82, 2.24) is 4.98 Å². The lowest BCUT2D eigenvalue weighted by atomic mass is 9.71. The number of nitrogens with one attached hydrogen (secondary N) is 1. The van der Waals surface area contributed by atoms with Gasteiger partial charge in [-0.05, 0) is 42.3 Å². The van der Waals surface area contributed by atoms with Crippen LogP contribution in [0.1, 0.15) is 52.2 Å². The number of carbonyl (C=O) groups excluding carboxylic acids is 1. The van der Waals surface area contributed by atoms with Crippen LogP contribution in [-0.4, -0.2) is 17.9 Å². The third-order valence-corrected chi connectivity index (χ3v) is 5.23. The van der Waals surface area contributed by atoms with Crippen molar-refractivity contribution in [1.29, 1.82) is 5.26 Å². The van der Waals surface area contributed by atoms with E-state index in [9.17, 15) is 4.79 Å². The monoisotopic (exact) mass is 330 g/mol. The van der Waals surface area contributed by atoms with Gasteiger partial charge in [-0.25, -0.2) is 0 Å². The van der Waals surface area contributed by atoms with Gasteiger partial charge in [0.1, 0.15) is 5.75 Å². The van der Waals surface area contributed by atoms with Crippen LogP contribution in [0.15, 0.2) is 30.3 Å². The lowest BCUT2D eigenvalue weighted by Crippen LogP contribution is -2.30. The van der Waals surface area contributed by atoms with Crippen LogP contribution < -0.4 is 4.74 Å². The number of hydrogen-bond acceptors (Lipinski definition) is 3. The molecule has 0 radical (unpaired) electrons. The fraction of sp³-hybridized carbons (Fsp3) is 0.238. The zero-order valence-electron chi connectivity index (χ0n) is 14.7. The molecule has 3 aromatic rings. The van der Waals surface area contributed by atoms with E-state index in [1.807, 2.05) is 25.1 Å². The molecule has 124 valence electrons. The van der Waals surface area contributed by atoms with Crippen molar-refractivity contribution in [2.45, 2.75) is 26.2 Å². The van der Waals surface area contributed by atoms with Crippen molar-refractivity contribution >= 4 is 16.7 Å². The van der Waals surface area contributed by atoms with E-state index in [0.717, 1.165) is 39.0 Å². The van der Waals surface area contributed by atoms with Gasteiger partial charge in [-0.15, -0.1) is 0 Å². The molecular weight excluding hydrogens is 312 g/mol. The topological polar surface area (TPSA) is 65.9 Å². The number of aryl methyl sites for hydroxylation is 1. The quantitative estimate of drug-likeness (QED) is 0.726. The van der Waals surface area contributed by atoms with Gasteiger partial charge in [0.2, 0.25) is 0 Å². The Bertz CT molecular complexity index is 1100. The van der Waals surface area contributed by atoms with Crippen molar-refractivity contribution in [2.24, 2.45) is 0 Å². The number of nitrogens with zero attached hydrogens (tertiary/aromatic N) is 1. The Balaban J connectivity index is 2.07. The van der Waals surface area contributed by atoms with E-state index >= 15 is 0 Å². The minimum Gasteiger partial charge on any atom is -0.496 e. The first-order chi connectivity index (χ1) is 11.9. The number of H-pyrrole nitrogens is 1. The molecule has 4 rings (SSSR count). The van der Waals surface area contributed by atoms with Crippen LogP contribution in [-0.2, 0) is 5.41 Å². The second-order valence-corrected chi connectivity index (χ2v) is 7.07. The highest BCUT2D eigenvalue weighted by atomic mass is 16.5. The Morgan fingerprint density at radius 2 is 1.96 bits per heavy atom. The van der Waals surface area contributed by atoms with Crippen molar-refractivity contribution in [3.05, 3.63) is 63.8 Å². The van der Waals surface area contributed by atoms with Gasteiger partial charge in [0.15, 0.2) is 5.78 Å². The summed E-state index contributed by atoms with van der Waals surface area (Å²) < 4.78 is 5.46. The molecule has 1 aliphatic carbocycles. The summed E-state index contributed by atoms with van der Waals surface area (Å²) in [5.41, 5.74) is 5.25. The van der Waals surface area contributed by atoms with E-state index in [4.69, 9.17) is 10.00 Å². The number of methoxy groups -OCH3 is 1. The first kappa shape index (κ1) is 15.5. The van der Waals surface area contributed by atoms with Crippen LogP contribution in [0.4, 0.5) is 0 Å². The SMILES string of the molecule is COc1cc2c(cc1C)C(=O)c1c([nH]c3cc(C#N)ccc13)C2(C)C. The zero-order chi connectivity index (χ0) is 17.9. The molecule has 0 fully saturated rings. The fourth-order valence-electron chi connectivity index (χ4n) is 3.85. The summed E-state index contributed by atoms with van der Waals surface area (Å²) in [6.07, 6.45) is 0. The minimum absolute atomic E-state index is 0.0195. The summed E-state index contributed by atoms with van der Waals surface area (Å²) in [6, 6.07) is 11.5. The molecule has 0 bridgehead atoms.